The van der Waals surface area contributed by atoms with E-state index in [-0.39, 0.29) is 17.5 Å². The van der Waals surface area contributed by atoms with E-state index in [1.165, 1.54) is 7.11 Å². The minimum absolute atomic E-state index is 0.111. The van der Waals surface area contributed by atoms with Gasteiger partial charge in [-0.15, -0.1) is 0 Å². The van der Waals surface area contributed by atoms with Crippen molar-refractivity contribution < 1.29 is 22.7 Å². The smallest absolute Gasteiger partial charge is 0.264 e. The molecule has 0 spiro atoms. The number of methoxy groups -OCH3 is 2. The summed E-state index contributed by atoms with van der Waals surface area (Å²) in [6, 6.07) is 20.1. The van der Waals surface area contributed by atoms with Crippen LogP contribution in [0.2, 0.25) is 0 Å². The Hall–Kier alpha value is -3.52. The van der Waals surface area contributed by atoms with Crippen LogP contribution in [-0.4, -0.2) is 35.1 Å². The van der Waals surface area contributed by atoms with E-state index in [1.807, 2.05) is 38.1 Å². The fourth-order valence-electron chi connectivity index (χ4n) is 3.29. The van der Waals surface area contributed by atoms with Crippen LogP contribution in [0.25, 0.3) is 0 Å². The Morgan fingerprint density at radius 2 is 1.39 bits per heavy atom. The van der Waals surface area contributed by atoms with Crippen molar-refractivity contribution >= 4 is 21.6 Å². The van der Waals surface area contributed by atoms with Gasteiger partial charge in [0.25, 0.3) is 10.0 Å². The van der Waals surface area contributed by atoms with Gasteiger partial charge in [0.15, 0.2) is 0 Å². The summed E-state index contributed by atoms with van der Waals surface area (Å²) in [5.41, 5.74) is 2.18. The molecule has 0 aliphatic heterocycles. The van der Waals surface area contributed by atoms with Crippen molar-refractivity contribution in [2.24, 2.45) is 0 Å². The van der Waals surface area contributed by atoms with E-state index in [1.54, 1.807) is 55.6 Å². The molecule has 0 fully saturated rings. The summed E-state index contributed by atoms with van der Waals surface area (Å²) in [5.74, 6) is 0.876. The maximum atomic E-state index is 13.5. The number of anilines is 1. The van der Waals surface area contributed by atoms with Gasteiger partial charge in [-0.25, -0.2) is 8.42 Å². The predicted octanol–water partition coefficient (Wildman–Crippen LogP) is 4.08. The van der Waals surface area contributed by atoms with Gasteiger partial charge in [-0.05, 0) is 67.9 Å². The van der Waals surface area contributed by atoms with E-state index >= 15 is 0 Å². The number of carbonyl (C=O) groups is 1. The van der Waals surface area contributed by atoms with Gasteiger partial charge in [-0.1, -0.05) is 29.8 Å². The molecule has 3 rings (SSSR count). The van der Waals surface area contributed by atoms with Crippen LogP contribution < -0.4 is 19.1 Å². The third kappa shape index (κ3) is 5.84. The molecule has 0 saturated heterocycles. The number of ether oxygens (including phenoxy) is 2. The molecule has 0 aliphatic rings. The monoisotopic (exact) mass is 468 g/mol. The van der Waals surface area contributed by atoms with Gasteiger partial charge in [-0.3, -0.25) is 9.10 Å². The molecule has 1 amide bonds. The summed E-state index contributed by atoms with van der Waals surface area (Å²) < 4.78 is 38.4. The molecular weight excluding hydrogens is 440 g/mol. The second-order valence-corrected chi connectivity index (χ2v) is 9.45. The quantitative estimate of drug-likeness (QED) is 0.511. The number of aryl methyl sites for hydroxylation is 1. The van der Waals surface area contributed by atoms with E-state index in [0.29, 0.717) is 17.2 Å². The highest BCUT2D eigenvalue weighted by Crippen LogP contribution is 2.26. The molecule has 7 nitrogen and oxygen atoms in total. The van der Waals surface area contributed by atoms with Crippen molar-refractivity contribution in [2.45, 2.75) is 24.8 Å². The van der Waals surface area contributed by atoms with Gasteiger partial charge >= 0.3 is 0 Å². The average molecular weight is 469 g/mol. The number of nitrogens with zero attached hydrogens (tertiary/aromatic N) is 1. The molecular formula is C25H28N2O5S. The molecule has 1 atom stereocenters. The van der Waals surface area contributed by atoms with Crippen LogP contribution in [-0.2, 0) is 14.8 Å². The number of amides is 1. The minimum Gasteiger partial charge on any atom is -0.497 e. The number of sulfonamides is 1. The van der Waals surface area contributed by atoms with Gasteiger partial charge < -0.3 is 14.8 Å². The van der Waals surface area contributed by atoms with E-state index in [4.69, 9.17) is 9.47 Å². The first-order chi connectivity index (χ1) is 15.7. The Kier molecular flexibility index (Phi) is 7.60. The molecule has 0 heterocycles. The molecule has 8 heteroatoms. The van der Waals surface area contributed by atoms with Crippen LogP contribution >= 0.6 is 0 Å². The molecule has 0 unspecified atom stereocenters. The zero-order chi connectivity index (χ0) is 24.0. The van der Waals surface area contributed by atoms with Crippen molar-refractivity contribution in [3.8, 4) is 11.5 Å². The summed E-state index contributed by atoms with van der Waals surface area (Å²) >= 11 is 0. The van der Waals surface area contributed by atoms with Crippen LogP contribution in [0, 0.1) is 6.92 Å². The van der Waals surface area contributed by atoms with Gasteiger partial charge in [0.05, 0.1) is 30.8 Å². The molecule has 3 aromatic carbocycles. The zero-order valence-electron chi connectivity index (χ0n) is 19.1. The number of rotatable bonds is 9. The van der Waals surface area contributed by atoms with Crippen LogP contribution in [0.3, 0.4) is 0 Å². The van der Waals surface area contributed by atoms with E-state index in [0.717, 1.165) is 15.4 Å². The van der Waals surface area contributed by atoms with Gasteiger partial charge in [0.2, 0.25) is 5.91 Å². The molecule has 3 aromatic rings. The Balaban J connectivity index is 1.86. The number of benzene rings is 3. The Labute approximate surface area is 195 Å². The van der Waals surface area contributed by atoms with Crippen molar-refractivity contribution in [3.05, 3.63) is 83.9 Å². The van der Waals surface area contributed by atoms with Gasteiger partial charge in [0.1, 0.15) is 18.0 Å². The minimum atomic E-state index is -3.98. The highest BCUT2D eigenvalue weighted by atomic mass is 32.2. The number of hydrogen-bond acceptors (Lipinski definition) is 5. The first-order valence-corrected chi connectivity index (χ1v) is 11.9. The third-order valence-corrected chi connectivity index (χ3v) is 7.04. The van der Waals surface area contributed by atoms with Crippen LogP contribution in [0.5, 0.6) is 11.5 Å². The van der Waals surface area contributed by atoms with Gasteiger partial charge in [0, 0.05) is 0 Å². The lowest BCUT2D eigenvalue weighted by atomic mass is 10.1. The third-order valence-electron chi connectivity index (χ3n) is 5.25. The summed E-state index contributed by atoms with van der Waals surface area (Å²) in [5, 5.41) is 2.88. The van der Waals surface area contributed by atoms with Crippen LogP contribution in [0.15, 0.2) is 77.7 Å². The molecule has 1 N–H and O–H groups in total. The molecule has 33 heavy (non-hydrogen) atoms. The maximum absolute atomic E-state index is 13.5. The lowest BCUT2D eigenvalue weighted by Gasteiger charge is -2.25. The summed E-state index contributed by atoms with van der Waals surface area (Å²) in [4.78, 5) is 13.0. The van der Waals surface area contributed by atoms with Crippen LogP contribution in [0.1, 0.15) is 24.1 Å². The molecule has 0 aromatic heterocycles. The van der Waals surface area contributed by atoms with Gasteiger partial charge in [-0.2, -0.15) is 0 Å². The Morgan fingerprint density at radius 3 is 1.91 bits per heavy atom. The summed E-state index contributed by atoms with van der Waals surface area (Å²) in [6.45, 7) is 3.35. The lowest BCUT2D eigenvalue weighted by molar-refractivity contribution is -0.120. The van der Waals surface area contributed by atoms with Crippen molar-refractivity contribution in [3.63, 3.8) is 0 Å². The normalized spacial score (nSPS) is 12.0. The fourth-order valence-corrected chi connectivity index (χ4v) is 4.72. The number of carbonyl (C=O) groups excluding carboxylic acids is 1. The Bertz CT molecular complexity index is 1170. The second kappa shape index (κ2) is 10.4. The standard InChI is InChI=1S/C25H28N2O5S/c1-18-5-15-24(16-6-18)33(29,30)27(21-9-13-23(32-4)14-10-21)17-25(28)26-19(2)20-7-11-22(31-3)12-8-20/h5-16,19H,17H2,1-4H3,(H,26,28)/t19-/m0/s1. The fraction of sp³-hybridized carbons (Fsp3) is 0.240. The van der Waals surface area contributed by atoms with Crippen molar-refractivity contribution in [1.82, 2.24) is 5.32 Å². The molecule has 0 radical (unpaired) electrons. The molecule has 0 bridgehead atoms. The first kappa shape index (κ1) is 24.1. The topological polar surface area (TPSA) is 84.9 Å². The van der Waals surface area contributed by atoms with Crippen molar-refractivity contribution in [2.75, 3.05) is 25.1 Å². The van der Waals surface area contributed by atoms with E-state index < -0.39 is 15.9 Å². The summed E-state index contributed by atoms with van der Waals surface area (Å²) in [7, 11) is -0.862. The molecule has 0 aliphatic carbocycles. The Morgan fingerprint density at radius 1 is 0.879 bits per heavy atom. The predicted molar refractivity (Wildman–Crippen MR) is 128 cm³/mol. The van der Waals surface area contributed by atoms with Crippen LogP contribution in [0.4, 0.5) is 5.69 Å². The summed E-state index contributed by atoms with van der Waals surface area (Å²) in [6.07, 6.45) is 0. The first-order valence-electron chi connectivity index (χ1n) is 10.4. The molecule has 0 saturated carbocycles. The largest absolute Gasteiger partial charge is 0.497 e. The second-order valence-electron chi connectivity index (χ2n) is 7.59. The lowest BCUT2D eigenvalue weighted by Crippen LogP contribution is -2.41. The zero-order valence-corrected chi connectivity index (χ0v) is 19.9. The SMILES string of the molecule is COc1ccc([C@H](C)NC(=O)CN(c2ccc(OC)cc2)S(=O)(=O)c2ccc(C)cc2)cc1. The highest BCUT2D eigenvalue weighted by molar-refractivity contribution is 7.92. The maximum Gasteiger partial charge on any atom is 0.264 e. The molecule has 174 valence electrons. The number of nitrogens with one attached hydrogen (secondary N) is 1. The average Bonchev–Trinajstić information content (AvgIpc) is 2.83. The van der Waals surface area contributed by atoms with E-state index in [9.17, 15) is 13.2 Å². The van der Waals surface area contributed by atoms with Crippen molar-refractivity contribution in [1.29, 1.82) is 0 Å². The van der Waals surface area contributed by atoms with E-state index in [2.05, 4.69) is 5.32 Å². The number of hydrogen-bond donors (Lipinski definition) is 1. The highest BCUT2D eigenvalue weighted by Gasteiger charge is 2.27.